The molecule has 0 spiro atoms. The van der Waals surface area contributed by atoms with Crippen molar-refractivity contribution in [1.82, 2.24) is 15.5 Å². The molecule has 0 unspecified atom stereocenters. The summed E-state index contributed by atoms with van der Waals surface area (Å²) in [4.78, 5) is 25.7. The number of ether oxygens (including phenoxy) is 1. The van der Waals surface area contributed by atoms with Crippen molar-refractivity contribution >= 4 is 12.0 Å². The molecule has 2 aliphatic rings. The standard InChI is InChI=1S/C14H25N3O4/c18-12(19)14(4-10-21-11-5-14)16-13(20)15-6-9-17-7-2-1-3-8-17/h1-11H2,(H,18,19)(H2,15,16,20). The molecule has 21 heavy (non-hydrogen) atoms. The van der Waals surface area contributed by atoms with Gasteiger partial charge >= 0.3 is 12.0 Å². The molecule has 2 saturated heterocycles. The van der Waals surface area contributed by atoms with E-state index in [0.29, 0.717) is 32.6 Å². The third-order valence-corrected chi connectivity index (χ3v) is 4.27. The van der Waals surface area contributed by atoms with E-state index in [2.05, 4.69) is 15.5 Å². The van der Waals surface area contributed by atoms with Gasteiger partial charge in [0.1, 0.15) is 5.54 Å². The van der Waals surface area contributed by atoms with Gasteiger partial charge in [-0.3, -0.25) is 0 Å². The van der Waals surface area contributed by atoms with Crippen LogP contribution in [0.1, 0.15) is 32.1 Å². The molecule has 0 aliphatic carbocycles. The maximum Gasteiger partial charge on any atom is 0.329 e. The highest BCUT2D eigenvalue weighted by atomic mass is 16.5. The van der Waals surface area contributed by atoms with Gasteiger partial charge in [-0.1, -0.05) is 6.42 Å². The molecular formula is C14H25N3O4. The molecular weight excluding hydrogens is 274 g/mol. The Morgan fingerprint density at radius 3 is 2.43 bits per heavy atom. The summed E-state index contributed by atoms with van der Waals surface area (Å²) in [6.45, 7) is 4.24. The number of likely N-dealkylation sites (tertiary alicyclic amines) is 1. The number of hydrogen-bond donors (Lipinski definition) is 3. The van der Waals surface area contributed by atoms with E-state index in [0.717, 1.165) is 19.6 Å². The van der Waals surface area contributed by atoms with E-state index in [4.69, 9.17) is 4.74 Å². The Morgan fingerprint density at radius 1 is 1.14 bits per heavy atom. The van der Waals surface area contributed by atoms with Crippen LogP contribution in [0.15, 0.2) is 0 Å². The molecule has 7 heteroatoms. The van der Waals surface area contributed by atoms with Gasteiger partial charge in [0.15, 0.2) is 0 Å². The summed E-state index contributed by atoms with van der Waals surface area (Å²) in [5.74, 6) is -0.989. The van der Waals surface area contributed by atoms with Gasteiger partial charge in [-0.25, -0.2) is 9.59 Å². The van der Waals surface area contributed by atoms with Gasteiger partial charge in [0.05, 0.1) is 0 Å². The number of carboxylic acid groups (broad SMARTS) is 1. The van der Waals surface area contributed by atoms with E-state index in [1.807, 2.05) is 0 Å². The smallest absolute Gasteiger partial charge is 0.329 e. The lowest BCUT2D eigenvalue weighted by atomic mass is 9.90. The number of rotatable bonds is 5. The minimum Gasteiger partial charge on any atom is -0.480 e. The highest BCUT2D eigenvalue weighted by Gasteiger charge is 2.41. The molecule has 120 valence electrons. The van der Waals surface area contributed by atoms with Crippen molar-refractivity contribution in [2.24, 2.45) is 0 Å². The molecule has 0 aromatic heterocycles. The first kappa shape index (κ1) is 16.0. The van der Waals surface area contributed by atoms with E-state index in [-0.39, 0.29) is 0 Å². The van der Waals surface area contributed by atoms with Crippen molar-refractivity contribution in [3.63, 3.8) is 0 Å². The van der Waals surface area contributed by atoms with Crippen LogP contribution >= 0.6 is 0 Å². The summed E-state index contributed by atoms with van der Waals surface area (Å²) >= 11 is 0. The predicted octanol–water partition coefficient (Wildman–Crippen LogP) is 0.405. The fourth-order valence-electron chi connectivity index (χ4n) is 2.88. The Morgan fingerprint density at radius 2 is 1.81 bits per heavy atom. The van der Waals surface area contributed by atoms with Gasteiger partial charge in [0.2, 0.25) is 0 Å². The highest BCUT2D eigenvalue weighted by Crippen LogP contribution is 2.20. The van der Waals surface area contributed by atoms with Crippen LogP contribution in [-0.2, 0) is 9.53 Å². The fraction of sp³-hybridized carbons (Fsp3) is 0.857. The molecule has 0 bridgehead atoms. The summed E-state index contributed by atoms with van der Waals surface area (Å²) in [6.07, 6.45) is 4.33. The van der Waals surface area contributed by atoms with Crippen molar-refractivity contribution in [3.05, 3.63) is 0 Å². The van der Waals surface area contributed by atoms with E-state index in [1.54, 1.807) is 0 Å². The van der Waals surface area contributed by atoms with Crippen LogP contribution in [0.3, 0.4) is 0 Å². The summed E-state index contributed by atoms with van der Waals surface area (Å²) < 4.78 is 5.18. The average molecular weight is 299 g/mol. The van der Waals surface area contributed by atoms with Gasteiger partial charge in [0, 0.05) is 39.1 Å². The molecule has 2 heterocycles. The fourth-order valence-corrected chi connectivity index (χ4v) is 2.88. The number of aliphatic carboxylic acids is 1. The number of amides is 2. The summed E-state index contributed by atoms with van der Waals surface area (Å²) in [5.41, 5.74) is -1.19. The first-order chi connectivity index (χ1) is 10.1. The molecule has 0 atom stereocenters. The number of piperidine rings is 1. The Balaban J connectivity index is 1.73. The normalized spacial score (nSPS) is 22.5. The molecule has 3 N–H and O–H groups in total. The van der Waals surface area contributed by atoms with E-state index < -0.39 is 17.5 Å². The number of hydrogen-bond acceptors (Lipinski definition) is 4. The zero-order chi connectivity index (χ0) is 15.1. The van der Waals surface area contributed by atoms with Gasteiger partial charge in [0.25, 0.3) is 0 Å². The first-order valence-electron chi connectivity index (χ1n) is 7.72. The van der Waals surface area contributed by atoms with Gasteiger partial charge in [-0.2, -0.15) is 0 Å². The van der Waals surface area contributed by atoms with Crippen molar-refractivity contribution in [2.75, 3.05) is 39.4 Å². The average Bonchev–Trinajstić information content (AvgIpc) is 2.49. The van der Waals surface area contributed by atoms with Gasteiger partial charge in [-0.05, 0) is 25.9 Å². The Hall–Kier alpha value is -1.34. The van der Waals surface area contributed by atoms with E-state index in [9.17, 15) is 14.7 Å². The quantitative estimate of drug-likeness (QED) is 0.684. The molecule has 7 nitrogen and oxygen atoms in total. The predicted molar refractivity (Wildman–Crippen MR) is 77.2 cm³/mol. The van der Waals surface area contributed by atoms with Crippen LogP contribution in [0.5, 0.6) is 0 Å². The lowest BCUT2D eigenvalue weighted by molar-refractivity contribution is -0.148. The molecule has 2 fully saturated rings. The zero-order valence-corrected chi connectivity index (χ0v) is 12.4. The largest absolute Gasteiger partial charge is 0.480 e. The van der Waals surface area contributed by atoms with Crippen LogP contribution in [0.25, 0.3) is 0 Å². The van der Waals surface area contributed by atoms with Crippen LogP contribution in [0.4, 0.5) is 4.79 Å². The molecule has 0 aromatic rings. The molecule has 2 rings (SSSR count). The van der Waals surface area contributed by atoms with Crippen LogP contribution in [0, 0.1) is 0 Å². The number of nitrogens with zero attached hydrogens (tertiary/aromatic N) is 1. The van der Waals surface area contributed by atoms with E-state index in [1.165, 1.54) is 19.3 Å². The maximum absolute atomic E-state index is 11.9. The lowest BCUT2D eigenvalue weighted by Gasteiger charge is -2.34. The summed E-state index contributed by atoms with van der Waals surface area (Å²) in [7, 11) is 0. The van der Waals surface area contributed by atoms with E-state index >= 15 is 0 Å². The van der Waals surface area contributed by atoms with Crippen LogP contribution in [-0.4, -0.2) is 66.9 Å². The second-order valence-corrected chi connectivity index (χ2v) is 5.78. The Labute approximate surface area is 125 Å². The Kier molecular flexibility index (Phi) is 5.81. The molecule has 0 saturated carbocycles. The summed E-state index contributed by atoms with van der Waals surface area (Å²) in [5, 5.41) is 14.7. The van der Waals surface area contributed by atoms with Crippen LogP contribution in [0.2, 0.25) is 0 Å². The SMILES string of the molecule is O=C(NCCN1CCCCC1)NC1(C(=O)O)CCOCC1. The van der Waals surface area contributed by atoms with Gasteiger partial charge in [-0.15, -0.1) is 0 Å². The van der Waals surface area contributed by atoms with Crippen molar-refractivity contribution in [3.8, 4) is 0 Å². The second-order valence-electron chi connectivity index (χ2n) is 5.78. The lowest BCUT2D eigenvalue weighted by Crippen LogP contribution is -2.60. The third-order valence-electron chi connectivity index (χ3n) is 4.27. The number of carbonyl (C=O) groups is 2. The number of carboxylic acids is 1. The number of nitrogens with one attached hydrogen (secondary N) is 2. The van der Waals surface area contributed by atoms with Crippen molar-refractivity contribution in [2.45, 2.75) is 37.6 Å². The molecule has 0 aromatic carbocycles. The molecule has 2 aliphatic heterocycles. The highest BCUT2D eigenvalue weighted by molar-refractivity contribution is 5.86. The second kappa shape index (κ2) is 7.61. The molecule has 2 amide bonds. The molecule has 0 radical (unpaired) electrons. The summed E-state index contributed by atoms with van der Waals surface area (Å²) in [6, 6.07) is -0.406. The van der Waals surface area contributed by atoms with Crippen molar-refractivity contribution < 1.29 is 19.4 Å². The first-order valence-corrected chi connectivity index (χ1v) is 7.72. The number of carbonyl (C=O) groups excluding carboxylic acids is 1. The topological polar surface area (TPSA) is 90.9 Å². The number of urea groups is 1. The van der Waals surface area contributed by atoms with Crippen LogP contribution < -0.4 is 10.6 Å². The minimum atomic E-state index is -1.19. The zero-order valence-electron chi connectivity index (χ0n) is 12.4. The van der Waals surface area contributed by atoms with Gasteiger partial charge < -0.3 is 25.4 Å². The third kappa shape index (κ3) is 4.57. The monoisotopic (exact) mass is 299 g/mol. The van der Waals surface area contributed by atoms with Crippen molar-refractivity contribution in [1.29, 1.82) is 0 Å². The minimum absolute atomic E-state index is 0.307. The Bertz CT molecular complexity index is 363. The maximum atomic E-state index is 11.9.